The van der Waals surface area contributed by atoms with E-state index in [-0.39, 0.29) is 6.03 Å². The van der Waals surface area contributed by atoms with Crippen molar-refractivity contribution in [3.05, 3.63) is 59.4 Å². The van der Waals surface area contributed by atoms with E-state index in [4.69, 9.17) is 4.74 Å². The van der Waals surface area contributed by atoms with Gasteiger partial charge in [-0.3, -0.25) is 4.98 Å². The first-order chi connectivity index (χ1) is 11.7. The summed E-state index contributed by atoms with van der Waals surface area (Å²) >= 11 is 0. The molecule has 0 saturated carbocycles. The number of amides is 2. The fourth-order valence-electron chi connectivity index (χ4n) is 2.45. The molecule has 0 radical (unpaired) electrons. The predicted molar refractivity (Wildman–Crippen MR) is 92.1 cm³/mol. The van der Waals surface area contributed by atoms with Gasteiger partial charge in [-0.2, -0.15) is 5.10 Å². The van der Waals surface area contributed by atoms with Crippen LogP contribution < -0.4 is 10.1 Å². The highest BCUT2D eigenvalue weighted by atomic mass is 16.5. The topological polar surface area (TPSA) is 66.8 Å². The first-order valence-corrected chi connectivity index (χ1v) is 7.84. The quantitative estimate of drug-likeness (QED) is 0.940. The lowest BCUT2D eigenvalue weighted by Crippen LogP contribution is -2.35. The van der Waals surface area contributed by atoms with E-state index in [2.05, 4.69) is 27.5 Å². The van der Waals surface area contributed by atoms with E-state index in [1.165, 1.54) is 10.6 Å². The number of aromatic nitrogens is 1. The number of urea groups is 1. The van der Waals surface area contributed by atoms with Crippen molar-refractivity contribution in [2.75, 3.05) is 13.7 Å². The third-order valence-corrected chi connectivity index (χ3v) is 3.88. The minimum Gasteiger partial charge on any atom is -0.495 e. The second kappa shape index (κ2) is 7.12. The first kappa shape index (κ1) is 16.0. The van der Waals surface area contributed by atoms with Gasteiger partial charge in [0.2, 0.25) is 0 Å². The van der Waals surface area contributed by atoms with Crippen molar-refractivity contribution in [3.8, 4) is 5.75 Å². The molecule has 24 heavy (non-hydrogen) atoms. The number of aryl methyl sites for hydroxylation is 1. The number of carbonyl (C=O) groups excluding carboxylic acids is 1. The Labute approximate surface area is 141 Å². The smallest absolute Gasteiger partial charge is 0.338 e. The number of pyridine rings is 1. The maximum absolute atomic E-state index is 12.2. The van der Waals surface area contributed by atoms with Crippen LogP contribution in [-0.2, 0) is 6.54 Å². The molecule has 1 aromatic heterocycles. The molecule has 0 saturated heterocycles. The summed E-state index contributed by atoms with van der Waals surface area (Å²) in [7, 11) is 1.59. The van der Waals surface area contributed by atoms with Crippen LogP contribution in [0.1, 0.15) is 23.2 Å². The Hall–Kier alpha value is -2.89. The van der Waals surface area contributed by atoms with Gasteiger partial charge in [0, 0.05) is 6.42 Å². The normalized spacial score (nSPS) is 13.6. The largest absolute Gasteiger partial charge is 0.495 e. The van der Waals surface area contributed by atoms with Crippen molar-refractivity contribution in [2.45, 2.75) is 19.9 Å². The van der Waals surface area contributed by atoms with Crippen LogP contribution in [0.4, 0.5) is 4.79 Å². The third kappa shape index (κ3) is 3.71. The van der Waals surface area contributed by atoms with Crippen LogP contribution >= 0.6 is 0 Å². The average molecular weight is 324 g/mol. The molecule has 0 aliphatic carbocycles. The lowest BCUT2D eigenvalue weighted by atomic mass is 10.1. The molecule has 1 N–H and O–H groups in total. The first-order valence-electron chi connectivity index (χ1n) is 7.84. The van der Waals surface area contributed by atoms with Crippen LogP contribution in [0.15, 0.2) is 47.7 Å². The van der Waals surface area contributed by atoms with Gasteiger partial charge in [-0.25, -0.2) is 9.80 Å². The molecule has 1 aliphatic heterocycles. The monoisotopic (exact) mass is 324 g/mol. The highest BCUT2D eigenvalue weighted by Gasteiger charge is 2.21. The molecule has 6 heteroatoms. The van der Waals surface area contributed by atoms with E-state index in [1.807, 2.05) is 31.2 Å². The Bertz CT molecular complexity index is 739. The summed E-state index contributed by atoms with van der Waals surface area (Å²) in [6.07, 6.45) is 2.39. The predicted octanol–water partition coefficient (Wildman–Crippen LogP) is 2.72. The molecule has 1 aromatic carbocycles. The number of benzene rings is 1. The molecule has 1 aliphatic rings. The van der Waals surface area contributed by atoms with Crippen molar-refractivity contribution in [1.29, 1.82) is 0 Å². The van der Waals surface area contributed by atoms with Gasteiger partial charge in [0.15, 0.2) is 0 Å². The molecule has 124 valence electrons. The second-order valence-electron chi connectivity index (χ2n) is 5.63. The summed E-state index contributed by atoms with van der Waals surface area (Å²) in [4.78, 5) is 16.5. The lowest BCUT2D eigenvalue weighted by Gasteiger charge is -2.12. The average Bonchev–Trinajstić information content (AvgIpc) is 3.11. The van der Waals surface area contributed by atoms with Gasteiger partial charge in [0.25, 0.3) is 0 Å². The van der Waals surface area contributed by atoms with E-state index in [1.54, 1.807) is 13.3 Å². The molecule has 2 amide bonds. The Morgan fingerprint density at radius 2 is 2.04 bits per heavy atom. The van der Waals surface area contributed by atoms with Crippen LogP contribution in [0.2, 0.25) is 0 Å². The van der Waals surface area contributed by atoms with Gasteiger partial charge in [-0.05, 0) is 24.6 Å². The fourth-order valence-corrected chi connectivity index (χ4v) is 2.45. The maximum atomic E-state index is 12.2. The van der Waals surface area contributed by atoms with Crippen molar-refractivity contribution < 1.29 is 9.53 Å². The Morgan fingerprint density at radius 3 is 2.71 bits per heavy atom. The van der Waals surface area contributed by atoms with E-state index in [0.717, 1.165) is 23.4 Å². The number of hydrazone groups is 1. The maximum Gasteiger partial charge on any atom is 0.338 e. The number of hydrogen-bond acceptors (Lipinski definition) is 4. The molecule has 3 rings (SSSR count). The zero-order valence-corrected chi connectivity index (χ0v) is 13.8. The number of methoxy groups -OCH3 is 1. The van der Waals surface area contributed by atoms with Gasteiger partial charge in [-0.15, -0.1) is 0 Å². The molecular formula is C18H20N4O2. The van der Waals surface area contributed by atoms with Crippen LogP contribution in [0.25, 0.3) is 0 Å². The van der Waals surface area contributed by atoms with Gasteiger partial charge in [-0.1, -0.05) is 29.8 Å². The minimum atomic E-state index is -0.213. The van der Waals surface area contributed by atoms with Crippen molar-refractivity contribution in [1.82, 2.24) is 15.3 Å². The fraction of sp³-hybridized carbons (Fsp3) is 0.278. The molecular weight excluding hydrogens is 304 g/mol. The van der Waals surface area contributed by atoms with Gasteiger partial charge in [0.1, 0.15) is 5.75 Å². The Morgan fingerprint density at radius 1 is 1.25 bits per heavy atom. The Balaban J connectivity index is 1.58. The standard InChI is InChI=1S/C18H20N4O2/c1-13-3-5-14(6-4-13)17-9-10-22(21-17)18(23)20-11-15-7-8-16(24-2)12-19-15/h3-8,12H,9-11H2,1-2H3,(H,20,23). The van der Waals surface area contributed by atoms with Crippen LogP contribution in [0.5, 0.6) is 5.75 Å². The van der Waals surface area contributed by atoms with Crippen molar-refractivity contribution in [2.24, 2.45) is 5.10 Å². The summed E-state index contributed by atoms with van der Waals surface area (Å²) < 4.78 is 5.06. The molecule has 0 bridgehead atoms. The van der Waals surface area contributed by atoms with Gasteiger partial charge >= 0.3 is 6.03 Å². The highest BCUT2D eigenvalue weighted by Crippen LogP contribution is 2.15. The van der Waals surface area contributed by atoms with Gasteiger partial charge in [0.05, 0.1) is 37.8 Å². The minimum absolute atomic E-state index is 0.213. The molecule has 6 nitrogen and oxygen atoms in total. The Kier molecular flexibility index (Phi) is 4.74. The van der Waals surface area contributed by atoms with E-state index in [0.29, 0.717) is 18.8 Å². The molecule has 0 atom stereocenters. The molecule has 2 heterocycles. The number of rotatable bonds is 4. The summed E-state index contributed by atoms with van der Waals surface area (Å²) in [5, 5.41) is 8.73. The second-order valence-corrected chi connectivity index (χ2v) is 5.63. The summed E-state index contributed by atoms with van der Waals surface area (Å²) in [6.45, 7) is 2.99. The van der Waals surface area contributed by atoms with Crippen LogP contribution in [0.3, 0.4) is 0 Å². The number of nitrogens with zero attached hydrogens (tertiary/aromatic N) is 3. The number of carbonyl (C=O) groups is 1. The highest BCUT2D eigenvalue weighted by molar-refractivity contribution is 6.02. The van der Waals surface area contributed by atoms with Crippen LogP contribution in [0, 0.1) is 6.92 Å². The summed E-state index contributed by atoms with van der Waals surface area (Å²) in [6, 6.07) is 11.6. The molecule has 0 unspecified atom stereocenters. The van der Waals surface area contributed by atoms with Crippen LogP contribution in [-0.4, -0.2) is 35.4 Å². The number of hydrogen-bond donors (Lipinski definition) is 1. The van der Waals surface area contributed by atoms with Gasteiger partial charge < -0.3 is 10.1 Å². The van der Waals surface area contributed by atoms with Crippen molar-refractivity contribution >= 4 is 11.7 Å². The zero-order valence-electron chi connectivity index (χ0n) is 13.8. The number of nitrogens with one attached hydrogen (secondary N) is 1. The van der Waals surface area contributed by atoms with E-state index >= 15 is 0 Å². The van der Waals surface area contributed by atoms with E-state index in [9.17, 15) is 4.79 Å². The summed E-state index contributed by atoms with van der Waals surface area (Å²) in [5.74, 6) is 0.692. The SMILES string of the molecule is COc1ccc(CNC(=O)N2CCC(c3ccc(C)cc3)=N2)nc1. The molecule has 0 fully saturated rings. The number of ether oxygens (including phenoxy) is 1. The van der Waals surface area contributed by atoms with E-state index < -0.39 is 0 Å². The van der Waals surface area contributed by atoms with Crippen molar-refractivity contribution in [3.63, 3.8) is 0 Å². The summed E-state index contributed by atoms with van der Waals surface area (Å²) in [5.41, 5.74) is 3.98. The molecule has 2 aromatic rings. The molecule has 0 spiro atoms. The lowest BCUT2D eigenvalue weighted by molar-refractivity contribution is 0.204. The third-order valence-electron chi connectivity index (χ3n) is 3.88. The zero-order chi connectivity index (χ0) is 16.9.